The van der Waals surface area contributed by atoms with Gasteiger partial charge in [-0.1, -0.05) is 5.16 Å². The minimum Gasteiger partial charge on any atom is -0.461 e. The first-order valence-electron chi connectivity index (χ1n) is 6.22. The molecule has 0 bridgehead atoms. The van der Waals surface area contributed by atoms with Crippen LogP contribution >= 0.6 is 0 Å². The molecule has 0 radical (unpaired) electrons. The van der Waals surface area contributed by atoms with Crippen molar-refractivity contribution >= 4 is 17.7 Å². The van der Waals surface area contributed by atoms with Gasteiger partial charge in [-0.15, -0.1) is 0 Å². The summed E-state index contributed by atoms with van der Waals surface area (Å²) >= 11 is 0. The fourth-order valence-electron chi connectivity index (χ4n) is 1.60. The Balaban J connectivity index is 1.89. The molecular weight excluding hydrogens is 294 g/mol. The highest BCUT2D eigenvalue weighted by Crippen LogP contribution is 2.16. The van der Waals surface area contributed by atoms with Crippen LogP contribution < -0.4 is 16.8 Å². The zero-order chi connectivity index (χ0) is 16.1. The molecule has 116 valence electrons. The van der Waals surface area contributed by atoms with Gasteiger partial charge < -0.3 is 25.7 Å². The van der Waals surface area contributed by atoms with Crippen molar-refractivity contribution in [3.8, 4) is 11.6 Å². The summed E-state index contributed by atoms with van der Waals surface area (Å²) in [5.74, 6) is -1.76. The number of carbonyl (C=O) groups excluding carboxylic acids is 3. The quantitative estimate of drug-likeness (QED) is 0.535. The van der Waals surface area contributed by atoms with Gasteiger partial charge in [0.25, 0.3) is 0 Å². The van der Waals surface area contributed by atoms with Crippen molar-refractivity contribution in [3.63, 3.8) is 0 Å². The van der Waals surface area contributed by atoms with Gasteiger partial charge in [0.15, 0.2) is 11.8 Å². The Labute approximate surface area is 123 Å². The largest absolute Gasteiger partial charge is 0.461 e. The van der Waals surface area contributed by atoms with Crippen LogP contribution in [-0.2, 0) is 20.8 Å². The lowest BCUT2D eigenvalue weighted by atomic mass is 10.2. The molecule has 2 aromatic heterocycles. The van der Waals surface area contributed by atoms with Gasteiger partial charge in [-0.3, -0.25) is 14.4 Å². The van der Waals surface area contributed by atoms with Crippen molar-refractivity contribution in [1.29, 1.82) is 0 Å². The van der Waals surface area contributed by atoms with E-state index in [4.69, 9.17) is 20.4 Å². The standard InChI is InChI=1S/C12H13N5O5/c13-10(19)9(11(14)20)15-7(18)3-4-8-16-12(17-22-8)6-2-1-5-21-6/h1-2,5,9H,3-4H2,(H2,13,19)(H2,14,20)(H,15,18). The van der Waals surface area contributed by atoms with E-state index in [0.717, 1.165) is 0 Å². The fraction of sp³-hybridized carbons (Fsp3) is 0.250. The first kappa shape index (κ1) is 15.2. The van der Waals surface area contributed by atoms with Gasteiger partial charge in [-0.25, -0.2) is 0 Å². The molecule has 0 saturated heterocycles. The highest BCUT2D eigenvalue weighted by Gasteiger charge is 2.23. The molecule has 10 nitrogen and oxygen atoms in total. The number of rotatable bonds is 7. The van der Waals surface area contributed by atoms with Crippen molar-refractivity contribution in [2.24, 2.45) is 11.5 Å². The molecule has 3 amide bonds. The van der Waals surface area contributed by atoms with Crippen molar-refractivity contribution < 1.29 is 23.3 Å². The van der Waals surface area contributed by atoms with E-state index in [0.29, 0.717) is 5.76 Å². The number of nitrogens with one attached hydrogen (secondary N) is 1. The average Bonchev–Trinajstić information content (AvgIpc) is 3.12. The number of primary amides is 2. The van der Waals surface area contributed by atoms with E-state index >= 15 is 0 Å². The SMILES string of the molecule is NC(=O)C(NC(=O)CCc1nc(-c2ccco2)no1)C(N)=O. The maximum atomic E-state index is 11.6. The Bertz CT molecular complexity index is 664. The van der Waals surface area contributed by atoms with E-state index in [1.807, 2.05) is 0 Å². The second-order valence-corrected chi connectivity index (χ2v) is 4.29. The molecule has 0 spiro atoms. The average molecular weight is 307 g/mol. The van der Waals surface area contributed by atoms with E-state index in [-0.39, 0.29) is 24.6 Å². The topological polar surface area (TPSA) is 167 Å². The summed E-state index contributed by atoms with van der Waals surface area (Å²) in [6.07, 6.45) is 1.49. The minimum atomic E-state index is -1.55. The molecule has 0 aromatic carbocycles. The molecule has 2 rings (SSSR count). The number of aryl methyl sites for hydroxylation is 1. The van der Waals surface area contributed by atoms with Crippen molar-refractivity contribution in [2.45, 2.75) is 18.9 Å². The Morgan fingerprint density at radius 2 is 2.00 bits per heavy atom. The molecule has 5 N–H and O–H groups in total. The third kappa shape index (κ3) is 3.69. The summed E-state index contributed by atoms with van der Waals surface area (Å²) < 4.78 is 10.1. The molecule has 22 heavy (non-hydrogen) atoms. The molecule has 0 fully saturated rings. The summed E-state index contributed by atoms with van der Waals surface area (Å²) in [5, 5.41) is 5.82. The fourth-order valence-corrected chi connectivity index (χ4v) is 1.60. The van der Waals surface area contributed by atoms with E-state index in [1.54, 1.807) is 12.1 Å². The van der Waals surface area contributed by atoms with Gasteiger partial charge in [0.05, 0.1) is 6.26 Å². The van der Waals surface area contributed by atoms with Crippen molar-refractivity contribution in [3.05, 3.63) is 24.3 Å². The number of amides is 3. The smallest absolute Gasteiger partial charge is 0.249 e. The normalized spacial score (nSPS) is 10.6. The van der Waals surface area contributed by atoms with Crippen LogP contribution in [0.4, 0.5) is 0 Å². The first-order chi connectivity index (χ1) is 10.5. The van der Waals surface area contributed by atoms with Gasteiger partial charge in [-0.05, 0) is 12.1 Å². The van der Waals surface area contributed by atoms with Gasteiger partial charge in [-0.2, -0.15) is 4.98 Å². The van der Waals surface area contributed by atoms with Crippen LogP contribution in [-0.4, -0.2) is 33.9 Å². The number of aromatic nitrogens is 2. The molecular formula is C12H13N5O5. The van der Waals surface area contributed by atoms with Crippen molar-refractivity contribution in [1.82, 2.24) is 15.5 Å². The molecule has 0 unspecified atom stereocenters. The number of hydrogen-bond acceptors (Lipinski definition) is 7. The van der Waals surface area contributed by atoms with Gasteiger partial charge in [0.1, 0.15) is 0 Å². The summed E-state index contributed by atoms with van der Waals surface area (Å²) in [5.41, 5.74) is 9.89. The van der Waals surface area contributed by atoms with E-state index in [1.165, 1.54) is 6.26 Å². The number of nitrogens with zero attached hydrogens (tertiary/aromatic N) is 2. The van der Waals surface area contributed by atoms with Gasteiger partial charge in [0, 0.05) is 12.8 Å². The van der Waals surface area contributed by atoms with Crippen LogP contribution in [0.5, 0.6) is 0 Å². The maximum absolute atomic E-state index is 11.6. The number of furan rings is 1. The lowest BCUT2D eigenvalue weighted by Gasteiger charge is -2.10. The summed E-state index contributed by atoms with van der Waals surface area (Å²) in [7, 11) is 0. The molecule has 2 heterocycles. The molecule has 0 aliphatic carbocycles. The Morgan fingerprint density at radius 1 is 1.27 bits per heavy atom. The highest BCUT2D eigenvalue weighted by molar-refractivity contribution is 6.05. The maximum Gasteiger partial charge on any atom is 0.249 e. The zero-order valence-electron chi connectivity index (χ0n) is 11.3. The number of nitrogens with two attached hydrogens (primary N) is 2. The third-order valence-electron chi connectivity index (χ3n) is 2.65. The van der Waals surface area contributed by atoms with E-state index in [9.17, 15) is 14.4 Å². The van der Waals surface area contributed by atoms with Crippen molar-refractivity contribution in [2.75, 3.05) is 0 Å². The predicted octanol–water partition coefficient (Wildman–Crippen LogP) is -1.28. The molecule has 0 aliphatic heterocycles. The Kier molecular flexibility index (Phi) is 4.51. The number of carbonyl (C=O) groups is 3. The summed E-state index contributed by atoms with van der Waals surface area (Å²) in [4.78, 5) is 37.6. The Morgan fingerprint density at radius 3 is 2.59 bits per heavy atom. The molecule has 10 heteroatoms. The predicted molar refractivity (Wildman–Crippen MR) is 70.6 cm³/mol. The summed E-state index contributed by atoms with van der Waals surface area (Å²) in [6, 6.07) is 1.78. The van der Waals surface area contributed by atoms with Crippen LogP contribution in [0.3, 0.4) is 0 Å². The third-order valence-corrected chi connectivity index (χ3v) is 2.65. The molecule has 0 saturated carbocycles. The minimum absolute atomic E-state index is 0.0865. The Hall–Kier alpha value is -3.17. The molecule has 0 aliphatic rings. The van der Waals surface area contributed by atoms with Gasteiger partial charge >= 0.3 is 0 Å². The van der Waals surface area contributed by atoms with E-state index < -0.39 is 23.8 Å². The first-order valence-corrected chi connectivity index (χ1v) is 6.22. The summed E-state index contributed by atoms with van der Waals surface area (Å²) in [6.45, 7) is 0. The molecule has 0 atom stereocenters. The monoisotopic (exact) mass is 307 g/mol. The highest BCUT2D eigenvalue weighted by atomic mass is 16.5. The van der Waals surface area contributed by atoms with Crippen LogP contribution in [0, 0.1) is 0 Å². The van der Waals surface area contributed by atoms with Crippen LogP contribution in [0.1, 0.15) is 12.3 Å². The second kappa shape index (κ2) is 6.52. The second-order valence-electron chi connectivity index (χ2n) is 4.29. The van der Waals surface area contributed by atoms with Gasteiger partial charge in [0.2, 0.25) is 29.4 Å². The van der Waals surface area contributed by atoms with Crippen LogP contribution in [0.15, 0.2) is 27.3 Å². The lowest BCUT2D eigenvalue weighted by Crippen LogP contribution is -2.52. The van der Waals surface area contributed by atoms with E-state index in [2.05, 4.69) is 15.5 Å². The zero-order valence-corrected chi connectivity index (χ0v) is 11.3. The van der Waals surface area contributed by atoms with Crippen LogP contribution in [0.25, 0.3) is 11.6 Å². The molecule has 2 aromatic rings. The number of hydrogen-bond donors (Lipinski definition) is 3. The van der Waals surface area contributed by atoms with Crippen LogP contribution in [0.2, 0.25) is 0 Å². The lowest BCUT2D eigenvalue weighted by molar-refractivity contribution is -0.134.